The van der Waals surface area contributed by atoms with Crippen LogP contribution in [0.4, 0.5) is 5.69 Å². The third-order valence-electron chi connectivity index (χ3n) is 3.16. The van der Waals surface area contributed by atoms with Gasteiger partial charge < -0.3 is 15.0 Å². The number of anilines is 1. The number of benzene rings is 1. The van der Waals surface area contributed by atoms with Crippen LogP contribution < -0.4 is 15.0 Å². The van der Waals surface area contributed by atoms with Crippen molar-refractivity contribution in [3.63, 3.8) is 0 Å². The van der Waals surface area contributed by atoms with E-state index in [-0.39, 0.29) is 0 Å². The standard InChI is InChI=1S/C14H22N2O/c1-16(2)12-5-3-6-14(11-12)17-13-7-4-9-15-10-8-13/h3,5-6,11,13,15H,4,7-10H2,1-2H3. The van der Waals surface area contributed by atoms with E-state index in [2.05, 4.69) is 42.5 Å². The van der Waals surface area contributed by atoms with Gasteiger partial charge in [-0.25, -0.2) is 0 Å². The lowest BCUT2D eigenvalue weighted by Crippen LogP contribution is -2.19. The molecule has 0 spiro atoms. The molecule has 94 valence electrons. The quantitative estimate of drug-likeness (QED) is 0.868. The summed E-state index contributed by atoms with van der Waals surface area (Å²) in [6.45, 7) is 2.19. The first-order valence-corrected chi connectivity index (χ1v) is 6.40. The molecular formula is C14H22N2O. The van der Waals surface area contributed by atoms with E-state index in [4.69, 9.17) is 4.74 Å². The largest absolute Gasteiger partial charge is 0.490 e. The number of ether oxygens (including phenoxy) is 1. The van der Waals surface area contributed by atoms with E-state index in [1.807, 2.05) is 6.07 Å². The zero-order valence-corrected chi connectivity index (χ0v) is 10.8. The Labute approximate surface area is 104 Å². The zero-order valence-electron chi connectivity index (χ0n) is 10.8. The van der Waals surface area contributed by atoms with Crippen molar-refractivity contribution >= 4 is 5.69 Å². The molecule has 1 aromatic carbocycles. The summed E-state index contributed by atoms with van der Waals surface area (Å²) >= 11 is 0. The molecule has 1 saturated heterocycles. The summed E-state index contributed by atoms with van der Waals surface area (Å²) in [4.78, 5) is 2.10. The molecule has 1 unspecified atom stereocenters. The highest BCUT2D eigenvalue weighted by atomic mass is 16.5. The van der Waals surface area contributed by atoms with Gasteiger partial charge in [0.15, 0.2) is 0 Å². The van der Waals surface area contributed by atoms with E-state index in [9.17, 15) is 0 Å². The minimum Gasteiger partial charge on any atom is -0.490 e. The number of hydrogen-bond donors (Lipinski definition) is 1. The van der Waals surface area contributed by atoms with Gasteiger partial charge in [0.1, 0.15) is 5.75 Å². The highest BCUT2D eigenvalue weighted by molar-refractivity contribution is 5.49. The Morgan fingerprint density at radius 2 is 2.12 bits per heavy atom. The van der Waals surface area contributed by atoms with Gasteiger partial charge in [-0.2, -0.15) is 0 Å². The molecule has 0 bridgehead atoms. The first-order valence-electron chi connectivity index (χ1n) is 6.40. The molecule has 0 saturated carbocycles. The highest BCUT2D eigenvalue weighted by Gasteiger charge is 2.13. The SMILES string of the molecule is CN(C)c1cccc(OC2CCCNCC2)c1. The van der Waals surface area contributed by atoms with Gasteiger partial charge in [-0.15, -0.1) is 0 Å². The molecule has 1 aromatic rings. The van der Waals surface area contributed by atoms with E-state index >= 15 is 0 Å². The minimum atomic E-state index is 0.363. The van der Waals surface area contributed by atoms with Crippen LogP contribution in [-0.2, 0) is 0 Å². The lowest BCUT2D eigenvalue weighted by Gasteiger charge is -2.19. The summed E-state index contributed by atoms with van der Waals surface area (Å²) in [6, 6.07) is 8.31. The predicted octanol–water partition coefficient (Wildman–Crippen LogP) is 2.27. The molecule has 0 aromatic heterocycles. The molecule has 0 radical (unpaired) electrons. The van der Waals surface area contributed by atoms with Gasteiger partial charge in [-0.3, -0.25) is 0 Å². The van der Waals surface area contributed by atoms with Crippen LogP contribution in [0.3, 0.4) is 0 Å². The second-order valence-electron chi connectivity index (χ2n) is 4.81. The van der Waals surface area contributed by atoms with Crippen molar-refractivity contribution < 1.29 is 4.74 Å². The monoisotopic (exact) mass is 234 g/mol. The summed E-state index contributed by atoms with van der Waals surface area (Å²) in [7, 11) is 4.10. The van der Waals surface area contributed by atoms with E-state index in [0.717, 1.165) is 31.7 Å². The van der Waals surface area contributed by atoms with Gasteiger partial charge in [0.05, 0.1) is 6.10 Å². The molecule has 17 heavy (non-hydrogen) atoms. The third kappa shape index (κ3) is 3.63. The number of nitrogens with zero attached hydrogens (tertiary/aromatic N) is 1. The molecule has 0 aliphatic carbocycles. The van der Waals surface area contributed by atoms with Crippen molar-refractivity contribution in [3.05, 3.63) is 24.3 Å². The summed E-state index contributed by atoms with van der Waals surface area (Å²) < 4.78 is 6.06. The van der Waals surface area contributed by atoms with Crippen LogP contribution in [0, 0.1) is 0 Å². The number of nitrogens with one attached hydrogen (secondary N) is 1. The van der Waals surface area contributed by atoms with Crippen molar-refractivity contribution in [1.82, 2.24) is 5.32 Å². The first-order chi connectivity index (χ1) is 8.25. The average Bonchev–Trinajstić information content (AvgIpc) is 2.58. The van der Waals surface area contributed by atoms with Crippen LogP contribution in [0.5, 0.6) is 5.75 Å². The van der Waals surface area contributed by atoms with Crippen molar-refractivity contribution in [2.45, 2.75) is 25.4 Å². The van der Waals surface area contributed by atoms with Crippen LogP contribution in [-0.4, -0.2) is 33.3 Å². The van der Waals surface area contributed by atoms with E-state index in [1.54, 1.807) is 0 Å². The molecule has 1 aliphatic rings. The van der Waals surface area contributed by atoms with Crippen LogP contribution >= 0.6 is 0 Å². The zero-order chi connectivity index (χ0) is 12.1. The Balaban J connectivity index is 1.99. The molecule has 3 nitrogen and oxygen atoms in total. The summed E-state index contributed by atoms with van der Waals surface area (Å²) in [5.74, 6) is 0.989. The van der Waals surface area contributed by atoms with Crippen LogP contribution in [0.15, 0.2) is 24.3 Å². The Morgan fingerprint density at radius 1 is 1.24 bits per heavy atom. The minimum absolute atomic E-state index is 0.363. The van der Waals surface area contributed by atoms with Gasteiger partial charge in [-0.1, -0.05) is 6.07 Å². The average molecular weight is 234 g/mol. The predicted molar refractivity (Wildman–Crippen MR) is 71.9 cm³/mol. The molecule has 1 fully saturated rings. The van der Waals surface area contributed by atoms with Gasteiger partial charge in [0, 0.05) is 25.8 Å². The van der Waals surface area contributed by atoms with E-state index < -0.39 is 0 Å². The van der Waals surface area contributed by atoms with E-state index in [1.165, 1.54) is 12.1 Å². The fourth-order valence-corrected chi connectivity index (χ4v) is 2.13. The van der Waals surface area contributed by atoms with Crippen LogP contribution in [0.1, 0.15) is 19.3 Å². The molecule has 3 heteroatoms. The van der Waals surface area contributed by atoms with Crippen molar-refractivity contribution in [3.8, 4) is 5.75 Å². The fraction of sp³-hybridized carbons (Fsp3) is 0.571. The molecule has 2 rings (SSSR count). The summed E-state index contributed by atoms with van der Waals surface area (Å²) in [5, 5.41) is 3.40. The van der Waals surface area contributed by atoms with Crippen molar-refractivity contribution in [1.29, 1.82) is 0 Å². The molecule has 0 amide bonds. The molecular weight excluding hydrogens is 212 g/mol. The Morgan fingerprint density at radius 3 is 2.94 bits per heavy atom. The topological polar surface area (TPSA) is 24.5 Å². The summed E-state index contributed by atoms with van der Waals surface area (Å²) in [5.41, 5.74) is 1.19. The smallest absolute Gasteiger partial charge is 0.121 e. The van der Waals surface area contributed by atoms with Gasteiger partial charge in [0.25, 0.3) is 0 Å². The molecule has 1 N–H and O–H groups in total. The first kappa shape index (κ1) is 12.2. The van der Waals surface area contributed by atoms with Crippen LogP contribution in [0.2, 0.25) is 0 Å². The maximum absolute atomic E-state index is 6.06. The number of hydrogen-bond acceptors (Lipinski definition) is 3. The lowest BCUT2D eigenvalue weighted by molar-refractivity contribution is 0.187. The van der Waals surface area contributed by atoms with E-state index in [0.29, 0.717) is 6.10 Å². The Bertz CT molecular complexity index is 344. The van der Waals surface area contributed by atoms with Crippen molar-refractivity contribution in [2.24, 2.45) is 0 Å². The molecule has 1 atom stereocenters. The molecule has 1 heterocycles. The maximum atomic E-state index is 6.06. The normalized spacial score (nSPS) is 20.7. The molecule has 1 aliphatic heterocycles. The maximum Gasteiger partial charge on any atom is 0.121 e. The fourth-order valence-electron chi connectivity index (χ4n) is 2.13. The second kappa shape index (κ2) is 5.92. The number of rotatable bonds is 3. The summed E-state index contributed by atoms with van der Waals surface area (Å²) in [6.07, 6.45) is 3.83. The van der Waals surface area contributed by atoms with Gasteiger partial charge >= 0.3 is 0 Å². The highest BCUT2D eigenvalue weighted by Crippen LogP contribution is 2.22. The van der Waals surface area contributed by atoms with Gasteiger partial charge in [-0.05, 0) is 44.5 Å². The Kier molecular flexibility index (Phi) is 4.26. The second-order valence-corrected chi connectivity index (χ2v) is 4.81. The van der Waals surface area contributed by atoms with Crippen LogP contribution in [0.25, 0.3) is 0 Å². The lowest BCUT2D eigenvalue weighted by atomic mass is 10.1. The van der Waals surface area contributed by atoms with Gasteiger partial charge in [0.2, 0.25) is 0 Å². The van der Waals surface area contributed by atoms with Crippen molar-refractivity contribution in [2.75, 3.05) is 32.1 Å². The third-order valence-corrected chi connectivity index (χ3v) is 3.16. The Hall–Kier alpha value is -1.22.